The Balaban J connectivity index is 0.000000193. The molecule has 9 rings (SSSR count). The predicted octanol–water partition coefficient (Wildman–Crippen LogP) is 10.6. The van der Waals surface area contributed by atoms with Crippen LogP contribution in [-0.2, 0) is 45.3 Å². The van der Waals surface area contributed by atoms with E-state index in [1.54, 1.807) is 53.7 Å². The molecule has 0 spiro atoms. The summed E-state index contributed by atoms with van der Waals surface area (Å²) in [5.74, 6) is 6.31. The van der Waals surface area contributed by atoms with Crippen LogP contribution in [-0.4, -0.2) is 110 Å². The highest BCUT2D eigenvalue weighted by Crippen LogP contribution is 2.36. The van der Waals surface area contributed by atoms with Gasteiger partial charge in [-0.05, 0) is 126 Å². The zero-order chi connectivity index (χ0) is 51.2. The molecule has 15 heteroatoms. The van der Waals surface area contributed by atoms with E-state index in [9.17, 15) is 26.3 Å². The first-order chi connectivity index (χ1) is 34.4. The Morgan fingerprint density at radius 1 is 0.625 bits per heavy atom. The lowest BCUT2D eigenvalue weighted by Gasteiger charge is -2.33. The number of aromatic nitrogens is 5. The average molecular weight is 984 g/mol. The number of hydrogen-bond acceptors (Lipinski definition) is 7. The summed E-state index contributed by atoms with van der Waals surface area (Å²) in [6, 6.07) is 26.8. The molecule has 2 fully saturated rings. The van der Waals surface area contributed by atoms with Crippen molar-refractivity contribution in [3.63, 3.8) is 0 Å². The maximum atomic E-state index is 14.0. The maximum absolute atomic E-state index is 14.0. The normalized spacial score (nSPS) is 15.2. The molecule has 0 unspecified atom stereocenters. The Hall–Kier alpha value is -6.83. The second-order valence-corrected chi connectivity index (χ2v) is 18.9. The van der Waals surface area contributed by atoms with Crippen molar-refractivity contribution >= 4 is 16.8 Å². The minimum atomic E-state index is -4.41. The topological polar surface area (TPSA) is 61.0 Å². The average Bonchev–Trinajstić information content (AvgIpc) is 3.99. The maximum Gasteiger partial charge on any atom is 0.416 e. The van der Waals surface area contributed by atoms with E-state index in [0.717, 1.165) is 108 Å². The smallest absolute Gasteiger partial charge is 0.327 e. The third-order valence-corrected chi connectivity index (χ3v) is 13.4. The molecule has 7 aromatic rings. The SMILES string of the molecule is C=C(Cc1ccc(CN2CCN(C)CC2)c(C(F)(F)F)c1)c1ccc(C)c(C#Cc2cncn2C)c1.C=C(Cc1ccc(CN2CCN(C)CC2)c(C(F)(F)F)c1)c1cccc(-c2cnc3cccnn23)c1. The fourth-order valence-electron chi connectivity index (χ4n) is 8.97. The van der Waals surface area contributed by atoms with Gasteiger partial charge in [0.25, 0.3) is 0 Å². The van der Waals surface area contributed by atoms with Gasteiger partial charge < -0.3 is 14.4 Å². The van der Waals surface area contributed by atoms with Crippen LogP contribution >= 0.6 is 0 Å². The van der Waals surface area contributed by atoms with Gasteiger partial charge in [-0.15, -0.1) is 0 Å². The van der Waals surface area contributed by atoms with Crippen molar-refractivity contribution in [3.05, 3.63) is 190 Å². The van der Waals surface area contributed by atoms with Gasteiger partial charge in [0.1, 0.15) is 5.69 Å². The number of hydrogen-bond donors (Lipinski definition) is 0. The van der Waals surface area contributed by atoms with Gasteiger partial charge in [-0.1, -0.05) is 73.7 Å². The molecule has 3 aromatic heterocycles. The van der Waals surface area contributed by atoms with Crippen molar-refractivity contribution in [2.24, 2.45) is 7.05 Å². The molecule has 9 nitrogen and oxygen atoms in total. The number of alkyl halides is 6. The molecule has 72 heavy (non-hydrogen) atoms. The Labute approximate surface area is 417 Å². The number of benzene rings is 4. The molecular formula is C57H59F6N9. The lowest BCUT2D eigenvalue weighted by atomic mass is 9.94. The van der Waals surface area contributed by atoms with Gasteiger partial charge >= 0.3 is 12.4 Å². The fraction of sp³-hybridized carbons (Fsp3) is 0.316. The first kappa shape index (κ1) is 51.5. The first-order valence-electron chi connectivity index (χ1n) is 23.9. The van der Waals surface area contributed by atoms with Crippen LogP contribution in [0.5, 0.6) is 0 Å². The van der Waals surface area contributed by atoms with E-state index in [-0.39, 0.29) is 0 Å². The molecule has 0 amide bonds. The van der Waals surface area contributed by atoms with Gasteiger partial charge in [0.15, 0.2) is 5.65 Å². The summed E-state index contributed by atoms with van der Waals surface area (Å²) in [4.78, 5) is 17.0. The lowest BCUT2D eigenvalue weighted by molar-refractivity contribution is -0.139. The molecule has 4 aromatic carbocycles. The quantitative estimate of drug-likeness (QED) is 0.0945. The highest BCUT2D eigenvalue weighted by molar-refractivity contribution is 5.72. The zero-order valence-corrected chi connectivity index (χ0v) is 41.2. The number of allylic oxidation sites excluding steroid dienone is 2. The van der Waals surface area contributed by atoms with Crippen molar-refractivity contribution in [1.29, 1.82) is 0 Å². The monoisotopic (exact) mass is 983 g/mol. The number of rotatable bonds is 11. The number of aryl methyl sites for hydroxylation is 2. The van der Waals surface area contributed by atoms with Crippen LogP contribution in [0.1, 0.15) is 61.3 Å². The molecule has 0 saturated carbocycles. The number of piperazine rings is 2. The van der Waals surface area contributed by atoms with Crippen molar-refractivity contribution < 1.29 is 26.3 Å². The van der Waals surface area contributed by atoms with E-state index in [2.05, 4.69) is 59.7 Å². The van der Waals surface area contributed by atoms with E-state index in [1.165, 1.54) is 12.1 Å². The number of halogens is 6. The number of nitrogens with zero attached hydrogens (tertiary/aromatic N) is 9. The van der Waals surface area contributed by atoms with E-state index in [1.807, 2.05) is 87.2 Å². The lowest BCUT2D eigenvalue weighted by Crippen LogP contribution is -2.44. The predicted molar refractivity (Wildman–Crippen MR) is 273 cm³/mol. The Bertz CT molecular complexity index is 3100. The Kier molecular flexibility index (Phi) is 16.0. The summed E-state index contributed by atoms with van der Waals surface area (Å²) in [6.07, 6.45) is -1.29. The molecule has 0 radical (unpaired) electrons. The molecule has 0 N–H and O–H groups in total. The molecular weight excluding hydrogens is 925 g/mol. The second-order valence-electron chi connectivity index (χ2n) is 18.9. The van der Waals surface area contributed by atoms with Crippen LogP contribution in [0.4, 0.5) is 26.3 Å². The molecule has 374 valence electrons. The van der Waals surface area contributed by atoms with Crippen LogP contribution < -0.4 is 0 Å². The van der Waals surface area contributed by atoms with Crippen LogP contribution in [0, 0.1) is 18.8 Å². The molecule has 2 aliphatic heterocycles. The standard InChI is InChI=1S/C29H31F3N4.C28H28F3N5/c1-21-5-7-25(17-24(21)9-10-27-18-33-20-35(27)4)22(2)15-23-6-8-26(28(16-23)29(30,31)32)19-36-13-11-34(3)12-14-36;1-20(22-5-3-6-23(17-22)26-18-32-27-7-4-10-33-36(26)27)15-21-8-9-24(25(16-21)28(29,30)31)19-35-13-11-34(2)12-14-35/h5-8,16-18,20H,2,11-15,19H2,1,3-4H3;3-10,16-18H,1,11-15,19H2,2H3. The number of fused-ring (bicyclic) bond motifs is 1. The second kappa shape index (κ2) is 22.3. The van der Waals surface area contributed by atoms with E-state index in [4.69, 9.17) is 0 Å². The van der Waals surface area contributed by atoms with E-state index < -0.39 is 23.5 Å². The third-order valence-electron chi connectivity index (χ3n) is 13.4. The van der Waals surface area contributed by atoms with Crippen molar-refractivity contribution in [3.8, 4) is 23.1 Å². The van der Waals surface area contributed by atoms with Gasteiger partial charge in [-0.2, -0.15) is 31.4 Å². The van der Waals surface area contributed by atoms with Crippen LogP contribution in [0.3, 0.4) is 0 Å². The molecule has 5 heterocycles. The number of imidazole rings is 2. The minimum Gasteiger partial charge on any atom is -0.327 e. The summed E-state index contributed by atoms with van der Waals surface area (Å²) >= 11 is 0. The van der Waals surface area contributed by atoms with Crippen molar-refractivity contribution in [2.75, 3.05) is 66.5 Å². The van der Waals surface area contributed by atoms with Gasteiger partial charge in [-0.3, -0.25) is 9.80 Å². The van der Waals surface area contributed by atoms with E-state index >= 15 is 0 Å². The van der Waals surface area contributed by atoms with Crippen LogP contribution in [0.25, 0.3) is 28.1 Å². The van der Waals surface area contributed by atoms with Crippen LogP contribution in [0.2, 0.25) is 0 Å². The molecule has 2 saturated heterocycles. The summed E-state index contributed by atoms with van der Waals surface area (Å²) < 4.78 is 87.4. The van der Waals surface area contributed by atoms with Gasteiger partial charge in [0, 0.05) is 89.8 Å². The zero-order valence-electron chi connectivity index (χ0n) is 41.2. The largest absolute Gasteiger partial charge is 0.416 e. The Morgan fingerprint density at radius 2 is 1.19 bits per heavy atom. The van der Waals surface area contributed by atoms with Crippen molar-refractivity contribution in [1.82, 2.24) is 43.7 Å². The van der Waals surface area contributed by atoms with Gasteiger partial charge in [0.05, 0.1) is 35.5 Å². The van der Waals surface area contributed by atoms with E-state index in [0.29, 0.717) is 48.2 Å². The highest BCUT2D eigenvalue weighted by atomic mass is 19.4. The fourth-order valence-corrected chi connectivity index (χ4v) is 8.97. The third kappa shape index (κ3) is 13.0. The minimum absolute atomic E-state index is 0.305. The van der Waals surface area contributed by atoms with Crippen molar-refractivity contribution in [2.45, 2.75) is 45.2 Å². The van der Waals surface area contributed by atoms with Gasteiger partial charge in [-0.25, -0.2) is 14.5 Å². The first-order valence-corrected chi connectivity index (χ1v) is 23.9. The summed E-state index contributed by atoms with van der Waals surface area (Å²) in [5.41, 5.74) is 9.13. The van der Waals surface area contributed by atoms with Crippen LogP contribution in [0.15, 0.2) is 129 Å². The molecule has 2 aliphatic rings. The molecule has 0 aliphatic carbocycles. The summed E-state index contributed by atoms with van der Waals surface area (Å²) in [5, 5.41) is 4.37. The summed E-state index contributed by atoms with van der Waals surface area (Å²) in [7, 11) is 5.95. The molecule has 0 atom stereocenters. The highest BCUT2D eigenvalue weighted by Gasteiger charge is 2.35. The Morgan fingerprint density at radius 3 is 1.74 bits per heavy atom. The summed E-state index contributed by atoms with van der Waals surface area (Å²) in [6.45, 7) is 17.5. The number of likely N-dealkylation sites (N-methyl/N-ethyl adjacent to an activating group) is 2. The molecule has 0 bridgehead atoms. The van der Waals surface area contributed by atoms with Gasteiger partial charge in [0.2, 0.25) is 0 Å².